The van der Waals surface area contributed by atoms with Crippen LogP contribution in [0.4, 0.5) is 5.69 Å². The highest BCUT2D eigenvalue weighted by Gasteiger charge is 2.06. The highest BCUT2D eigenvalue weighted by atomic mass is 32.1. The van der Waals surface area contributed by atoms with Gasteiger partial charge in [0.15, 0.2) is 0 Å². The van der Waals surface area contributed by atoms with Crippen LogP contribution >= 0.6 is 11.3 Å². The third-order valence-electron chi connectivity index (χ3n) is 3.08. The maximum Gasteiger partial charge on any atom is 0.0787 e. The zero-order valence-electron chi connectivity index (χ0n) is 10.8. The summed E-state index contributed by atoms with van der Waals surface area (Å²) < 4.78 is 0. The molecule has 2 nitrogen and oxygen atoms in total. The van der Waals surface area contributed by atoms with E-state index in [2.05, 4.69) is 41.6 Å². The van der Waals surface area contributed by atoms with Crippen molar-refractivity contribution in [1.29, 1.82) is 0 Å². The van der Waals surface area contributed by atoms with Gasteiger partial charge < -0.3 is 10.0 Å². The highest BCUT2D eigenvalue weighted by molar-refractivity contribution is 7.09. The van der Waals surface area contributed by atoms with E-state index in [1.807, 2.05) is 19.1 Å². The number of thiophene rings is 1. The Morgan fingerprint density at radius 2 is 1.94 bits per heavy atom. The molecular weight excluding hydrogens is 242 g/mol. The van der Waals surface area contributed by atoms with E-state index in [1.165, 1.54) is 10.6 Å². The highest BCUT2D eigenvalue weighted by Crippen LogP contribution is 2.22. The first-order valence-corrected chi connectivity index (χ1v) is 7.10. The Bertz CT molecular complexity index is 464. The van der Waals surface area contributed by atoms with Crippen LogP contribution in [0, 0.1) is 0 Å². The van der Waals surface area contributed by atoms with Crippen molar-refractivity contribution in [2.24, 2.45) is 0 Å². The standard InChI is InChI=1S/C15H19NOS/c1-3-15(17)12-6-8-13(9-7-12)16(2)11-14-5-4-10-18-14/h4-10,15,17H,3,11H2,1-2H3. The molecule has 0 aliphatic carbocycles. The second-order valence-electron chi connectivity index (χ2n) is 4.45. The van der Waals surface area contributed by atoms with Gasteiger partial charge in [-0.2, -0.15) is 0 Å². The number of benzene rings is 1. The van der Waals surface area contributed by atoms with Crippen molar-refractivity contribution < 1.29 is 5.11 Å². The van der Waals surface area contributed by atoms with Crippen molar-refractivity contribution in [1.82, 2.24) is 0 Å². The predicted molar refractivity (Wildman–Crippen MR) is 78.1 cm³/mol. The fraction of sp³-hybridized carbons (Fsp3) is 0.333. The largest absolute Gasteiger partial charge is 0.388 e. The lowest BCUT2D eigenvalue weighted by molar-refractivity contribution is 0.173. The van der Waals surface area contributed by atoms with Gasteiger partial charge in [-0.15, -0.1) is 11.3 Å². The smallest absolute Gasteiger partial charge is 0.0787 e. The average Bonchev–Trinajstić information content (AvgIpc) is 2.91. The van der Waals surface area contributed by atoms with Crippen molar-refractivity contribution in [3.05, 3.63) is 52.2 Å². The van der Waals surface area contributed by atoms with Crippen LogP contribution in [0.1, 0.15) is 29.9 Å². The topological polar surface area (TPSA) is 23.5 Å². The number of hydrogen-bond donors (Lipinski definition) is 1. The van der Waals surface area contributed by atoms with E-state index in [9.17, 15) is 5.11 Å². The second-order valence-corrected chi connectivity index (χ2v) is 5.48. The van der Waals surface area contributed by atoms with E-state index in [1.54, 1.807) is 11.3 Å². The first-order valence-electron chi connectivity index (χ1n) is 6.22. The molecule has 0 amide bonds. The van der Waals surface area contributed by atoms with Gasteiger partial charge in [0.2, 0.25) is 0 Å². The van der Waals surface area contributed by atoms with Gasteiger partial charge in [0, 0.05) is 17.6 Å². The lowest BCUT2D eigenvalue weighted by atomic mass is 10.1. The summed E-state index contributed by atoms with van der Waals surface area (Å²) in [5, 5.41) is 11.9. The molecule has 2 aromatic rings. The summed E-state index contributed by atoms with van der Waals surface area (Å²) >= 11 is 1.78. The quantitative estimate of drug-likeness (QED) is 0.884. The van der Waals surface area contributed by atoms with E-state index >= 15 is 0 Å². The molecule has 0 aliphatic rings. The number of hydrogen-bond acceptors (Lipinski definition) is 3. The zero-order valence-corrected chi connectivity index (χ0v) is 11.7. The monoisotopic (exact) mass is 261 g/mol. The molecule has 0 saturated carbocycles. The van der Waals surface area contributed by atoms with Gasteiger partial charge in [0.1, 0.15) is 0 Å². The number of aliphatic hydroxyl groups is 1. The molecule has 18 heavy (non-hydrogen) atoms. The van der Waals surface area contributed by atoms with Crippen molar-refractivity contribution in [3.63, 3.8) is 0 Å². The first kappa shape index (κ1) is 13.1. The summed E-state index contributed by atoms with van der Waals surface area (Å²) in [5.74, 6) is 0. The Labute approximate surface area is 113 Å². The minimum Gasteiger partial charge on any atom is -0.388 e. The Balaban J connectivity index is 2.04. The van der Waals surface area contributed by atoms with E-state index in [4.69, 9.17) is 0 Å². The Hall–Kier alpha value is -1.32. The van der Waals surface area contributed by atoms with Gasteiger partial charge in [-0.3, -0.25) is 0 Å². The maximum atomic E-state index is 9.75. The molecule has 1 unspecified atom stereocenters. The van der Waals surface area contributed by atoms with E-state index in [0.29, 0.717) is 0 Å². The van der Waals surface area contributed by atoms with Crippen LogP contribution in [0.2, 0.25) is 0 Å². The molecule has 0 radical (unpaired) electrons. The molecule has 1 aromatic carbocycles. The number of rotatable bonds is 5. The fourth-order valence-electron chi connectivity index (χ4n) is 1.91. The van der Waals surface area contributed by atoms with Crippen LogP contribution < -0.4 is 4.90 Å². The summed E-state index contributed by atoms with van der Waals surface area (Å²) in [4.78, 5) is 3.57. The zero-order chi connectivity index (χ0) is 13.0. The molecule has 1 atom stereocenters. The minimum atomic E-state index is -0.346. The van der Waals surface area contributed by atoms with Crippen LogP contribution in [-0.4, -0.2) is 12.2 Å². The molecular formula is C15H19NOS. The normalized spacial score (nSPS) is 12.4. The number of nitrogens with zero attached hydrogens (tertiary/aromatic N) is 1. The average molecular weight is 261 g/mol. The molecule has 0 spiro atoms. The lowest BCUT2D eigenvalue weighted by Gasteiger charge is -2.19. The van der Waals surface area contributed by atoms with E-state index in [-0.39, 0.29) is 6.10 Å². The molecule has 0 saturated heterocycles. The molecule has 0 bridgehead atoms. The summed E-state index contributed by atoms with van der Waals surface area (Å²) in [5.41, 5.74) is 2.17. The Morgan fingerprint density at radius 3 is 2.50 bits per heavy atom. The van der Waals surface area contributed by atoms with Crippen molar-refractivity contribution in [2.45, 2.75) is 26.0 Å². The van der Waals surface area contributed by atoms with Gasteiger partial charge in [0.25, 0.3) is 0 Å². The molecule has 2 rings (SSSR count). The van der Waals surface area contributed by atoms with Crippen molar-refractivity contribution in [3.8, 4) is 0 Å². The van der Waals surface area contributed by atoms with Gasteiger partial charge in [-0.1, -0.05) is 25.1 Å². The third kappa shape index (κ3) is 3.12. The third-order valence-corrected chi connectivity index (χ3v) is 3.94. The van der Waals surface area contributed by atoms with Gasteiger partial charge in [-0.25, -0.2) is 0 Å². The minimum absolute atomic E-state index is 0.346. The van der Waals surface area contributed by atoms with Gasteiger partial charge in [0.05, 0.1) is 12.6 Å². The lowest BCUT2D eigenvalue weighted by Crippen LogP contribution is -2.15. The summed E-state index contributed by atoms with van der Waals surface area (Å²) in [6.45, 7) is 2.91. The van der Waals surface area contributed by atoms with Crippen LogP contribution in [0.15, 0.2) is 41.8 Å². The molecule has 1 heterocycles. The van der Waals surface area contributed by atoms with Crippen molar-refractivity contribution >= 4 is 17.0 Å². The summed E-state index contributed by atoms with van der Waals surface area (Å²) in [6, 6.07) is 12.4. The molecule has 0 fully saturated rings. The van der Waals surface area contributed by atoms with Gasteiger partial charge in [-0.05, 0) is 35.6 Å². The molecule has 0 aliphatic heterocycles. The Morgan fingerprint density at radius 1 is 1.22 bits per heavy atom. The van der Waals surface area contributed by atoms with Crippen LogP contribution in [0.5, 0.6) is 0 Å². The van der Waals surface area contributed by atoms with Crippen LogP contribution in [0.3, 0.4) is 0 Å². The van der Waals surface area contributed by atoms with Crippen LogP contribution in [0.25, 0.3) is 0 Å². The van der Waals surface area contributed by atoms with E-state index in [0.717, 1.165) is 18.5 Å². The SMILES string of the molecule is CCC(O)c1ccc(N(C)Cc2cccs2)cc1. The first-order chi connectivity index (χ1) is 8.70. The summed E-state index contributed by atoms with van der Waals surface area (Å²) in [6.07, 6.45) is 0.409. The Kier molecular flexibility index (Phi) is 4.39. The molecule has 1 N–H and O–H groups in total. The molecule has 3 heteroatoms. The summed E-state index contributed by atoms with van der Waals surface area (Å²) in [7, 11) is 2.09. The van der Waals surface area contributed by atoms with Crippen LogP contribution in [-0.2, 0) is 6.54 Å². The molecule has 1 aromatic heterocycles. The number of aliphatic hydroxyl groups excluding tert-OH is 1. The van der Waals surface area contributed by atoms with Crippen molar-refractivity contribution in [2.75, 3.05) is 11.9 Å². The fourth-order valence-corrected chi connectivity index (χ4v) is 2.67. The predicted octanol–water partition coefficient (Wildman–Crippen LogP) is 3.83. The van der Waals surface area contributed by atoms with Gasteiger partial charge >= 0.3 is 0 Å². The maximum absolute atomic E-state index is 9.75. The van der Waals surface area contributed by atoms with E-state index < -0.39 is 0 Å². The number of anilines is 1. The molecule has 96 valence electrons. The second kappa shape index (κ2) is 6.03.